The highest BCUT2D eigenvalue weighted by Crippen LogP contribution is 2.27. The van der Waals surface area contributed by atoms with E-state index in [0.29, 0.717) is 0 Å². The van der Waals surface area contributed by atoms with Gasteiger partial charge < -0.3 is 4.74 Å². The van der Waals surface area contributed by atoms with Gasteiger partial charge in [-0.15, -0.1) is 0 Å². The van der Waals surface area contributed by atoms with Crippen LogP contribution in [0.5, 0.6) is 0 Å². The molecule has 8 nitrogen and oxygen atoms in total. The highest BCUT2D eigenvalue weighted by molar-refractivity contribution is 7.92. The Labute approximate surface area is 151 Å². The lowest BCUT2D eigenvalue weighted by atomic mass is 10.2. The maximum Gasteiger partial charge on any atom is 0.326 e. The predicted molar refractivity (Wildman–Crippen MR) is 95.4 cm³/mol. The number of carbonyl (C=O) groups excluding carboxylic acids is 1. The molecular formula is C17H18N2O6S. The number of non-ortho nitro benzene ring substituents is 1. The van der Waals surface area contributed by atoms with Gasteiger partial charge in [0.05, 0.1) is 22.1 Å². The molecule has 0 bridgehead atoms. The second kappa shape index (κ2) is 7.96. The average Bonchev–Trinajstić information content (AvgIpc) is 2.60. The van der Waals surface area contributed by atoms with Gasteiger partial charge in [0.1, 0.15) is 6.54 Å². The molecule has 9 heteroatoms. The normalized spacial score (nSPS) is 11.0. The van der Waals surface area contributed by atoms with Crippen LogP contribution in [0.3, 0.4) is 0 Å². The molecule has 26 heavy (non-hydrogen) atoms. The summed E-state index contributed by atoms with van der Waals surface area (Å²) >= 11 is 0. The third-order valence-electron chi connectivity index (χ3n) is 3.52. The lowest BCUT2D eigenvalue weighted by Gasteiger charge is -2.23. The van der Waals surface area contributed by atoms with E-state index in [1.165, 1.54) is 30.3 Å². The molecule has 0 amide bonds. The second-order valence-electron chi connectivity index (χ2n) is 5.41. The minimum absolute atomic E-state index is 0.00725. The van der Waals surface area contributed by atoms with Crippen LogP contribution in [0.25, 0.3) is 0 Å². The number of rotatable bonds is 7. The Morgan fingerprint density at radius 2 is 1.85 bits per heavy atom. The highest BCUT2D eigenvalue weighted by atomic mass is 32.2. The van der Waals surface area contributed by atoms with E-state index in [4.69, 9.17) is 4.74 Å². The molecule has 0 aliphatic heterocycles. The highest BCUT2D eigenvalue weighted by Gasteiger charge is 2.28. The van der Waals surface area contributed by atoms with Gasteiger partial charge in [-0.3, -0.25) is 19.2 Å². The molecule has 0 heterocycles. The third-order valence-corrected chi connectivity index (χ3v) is 5.30. The number of sulfonamides is 1. The monoisotopic (exact) mass is 378 g/mol. The van der Waals surface area contributed by atoms with Gasteiger partial charge in [-0.05, 0) is 32.0 Å². The first-order chi connectivity index (χ1) is 12.3. The van der Waals surface area contributed by atoms with Crippen molar-refractivity contribution in [1.82, 2.24) is 0 Å². The van der Waals surface area contributed by atoms with Gasteiger partial charge >= 0.3 is 5.97 Å². The molecule has 0 aliphatic rings. The summed E-state index contributed by atoms with van der Waals surface area (Å²) in [5.41, 5.74) is 0.597. The van der Waals surface area contributed by atoms with Crippen LogP contribution in [0.1, 0.15) is 12.5 Å². The van der Waals surface area contributed by atoms with Crippen LogP contribution in [0.15, 0.2) is 53.4 Å². The number of hydrogen-bond acceptors (Lipinski definition) is 6. The second-order valence-corrected chi connectivity index (χ2v) is 7.27. The van der Waals surface area contributed by atoms with E-state index in [1.54, 1.807) is 19.1 Å². The Balaban J connectivity index is 2.53. The summed E-state index contributed by atoms with van der Waals surface area (Å²) in [5.74, 6) is -0.755. The SMILES string of the molecule is CCOC(=O)CN(c1cccc([N+](=O)[O-])c1)S(=O)(=O)c1ccc(C)cc1. The number of aryl methyl sites for hydroxylation is 1. The van der Waals surface area contributed by atoms with Crippen LogP contribution >= 0.6 is 0 Å². The Morgan fingerprint density at radius 1 is 1.19 bits per heavy atom. The van der Waals surface area contributed by atoms with Gasteiger partial charge in [-0.25, -0.2) is 8.42 Å². The van der Waals surface area contributed by atoms with Gasteiger partial charge in [-0.2, -0.15) is 0 Å². The summed E-state index contributed by atoms with van der Waals surface area (Å²) in [6.45, 7) is 2.91. The van der Waals surface area contributed by atoms with Crippen molar-refractivity contribution in [2.75, 3.05) is 17.5 Å². The first-order valence-corrected chi connectivity index (χ1v) is 9.19. The molecule has 0 spiro atoms. The first kappa shape index (κ1) is 19.4. The summed E-state index contributed by atoms with van der Waals surface area (Å²) in [6.07, 6.45) is 0. The molecule has 2 aromatic rings. The molecule has 0 atom stereocenters. The lowest BCUT2D eigenvalue weighted by Crippen LogP contribution is -2.36. The van der Waals surface area contributed by atoms with Gasteiger partial charge in [0.15, 0.2) is 0 Å². The molecule has 0 N–H and O–H groups in total. The Morgan fingerprint density at radius 3 is 2.42 bits per heavy atom. The van der Waals surface area contributed by atoms with E-state index in [2.05, 4.69) is 0 Å². The van der Waals surface area contributed by atoms with Crippen molar-refractivity contribution in [2.45, 2.75) is 18.7 Å². The largest absolute Gasteiger partial charge is 0.465 e. The van der Waals surface area contributed by atoms with Crippen LogP contribution in [0.2, 0.25) is 0 Å². The van der Waals surface area contributed by atoms with E-state index >= 15 is 0 Å². The van der Waals surface area contributed by atoms with Crippen LogP contribution in [-0.2, 0) is 19.6 Å². The van der Waals surface area contributed by atoms with E-state index in [0.717, 1.165) is 15.9 Å². The zero-order valence-electron chi connectivity index (χ0n) is 14.3. The standard InChI is InChI=1S/C17H18N2O6S/c1-3-25-17(20)12-18(14-5-4-6-15(11-14)19(21)22)26(23,24)16-9-7-13(2)8-10-16/h4-11H,3,12H2,1-2H3. The number of hydrogen-bond donors (Lipinski definition) is 0. The maximum absolute atomic E-state index is 13.0. The van der Waals surface area contributed by atoms with Crippen molar-refractivity contribution in [2.24, 2.45) is 0 Å². The summed E-state index contributed by atoms with van der Waals surface area (Å²) in [4.78, 5) is 22.3. The number of nitro groups is 1. The number of nitrogens with zero attached hydrogens (tertiary/aromatic N) is 2. The van der Waals surface area contributed by atoms with Gasteiger partial charge in [0.2, 0.25) is 0 Å². The topological polar surface area (TPSA) is 107 Å². The molecule has 0 radical (unpaired) electrons. The van der Waals surface area contributed by atoms with Crippen molar-refractivity contribution in [3.63, 3.8) is 0 Å². The average molecular weight is 378 g/mol. The van der Waals surface area contributed by atoms with Crippen LogP contribution in [0, 0.1) is 17.0 Å². The fourth-order valence-corrected chi connectivity index (χ4v) is 3.64. The molecule has 138 valence electrons. The van der Waals surface area contributed by atoms with E-state index in [1.807, 2.05) is 6.92 Å². The van der Waals surface area contributed by atoms with Crippen molar-refractivity contribution < 1.29 is 22.9 Å². The Kier molecular flexibility index (Phi) is 5.93. The number of anilines is 1. The van der Waals surface area contributed by atoms with Crippen molar-refractivity contribution >= 4 is 27.4 Å². The minimum Gasteiger partial charge on any atom is -0.465 e. The molecule has 0 saturated heterocycles. The van der Waals surface area contributed by atoms with Crippen molar-refractivity contribution in [3.8, 4) is 0 Å². The molecule has 2 aromatic carbocycles. The first-order valence-electron chi connectivity index (χ1n) is 7.75. The fraction of sp³-hybridized carbons (Fsp3) is 0.235. The summed E-state index contributed by atoms with van der Waals surface area (Å²) < 4.78 is 31.7. The third kappa shape index (κ3) is 4.37. The van der Waals surface area contributed by atoms with Gasteiger partial charge in [0, 0.05) is 12.1 Å². The minimum atomic E-state index is -4.12. The predicted octanol–water partition coefficient (Wildman–Crippen LogP) is 2.66. The number of benzene rings is 2. The van der Waals surface area contributed by atoms with Crippen LogP contribution in [0.4, 0.5) is 11.4 Å². The zero-order valence-corrected chi connectivity index (χ0v) is 15.1. The molecule has 0 fully saturated rings. The van der Waals surface area contributed by atoms with Crippen molar-refractivity contribution in [1.29, 1.82) is 0 Å². The molecule has 0 unspecified atom stereocenters. The van der Waals surface area contributed by atoms with Crippen molar-refractivity contribution in [3.05, 3.63) is 64.2 Å². The summed E-state index contributed by atoms with van der Waals surface area (Å²) in [7, 11) is -4.12. The number of nitro benzene ring substituents is 1. The van der Waals surface area contributed by atoms with Gasteiger partial charge in [0.25, 0.3) is 15.7 Å². The summed E-state index contributed by atoms with van der Waals surface area (Å²) in [6, 6.07) is 11.2. The lowest BCUT2D eigenvalue weighted by molar-refractivity contribution is -0.384. The fourth-order valence-electron chi connectivity index (χ4n) is 2.24. The smallest absolute Gasteiger partial charge is 0.326 e. The number of esters is 1. The van der Waals surface area contributed by atoms with Crippen LogP contribution in [-0.4, -0.2) is 32.5 Å². The molecule has 0 aliphatic carbocycles. The van der Waals surface area contributed by atoms with Crippen LogP contribution < -0.4 is 4.31 Å². The Hall–Kier alpha value is -2.94. The molecule has 0 saturated carbocycles. The van der Waals surface area contributed by atoms with Gasteiger partial charge in [-0.1, -0.05) is 23.8 Å². The zero-order chi connectivity index (χ0) is 19.3. The molecular weight excluding hydrogens is 360 g/mol. The van der Waals surface area contributed by atoms with E-state index in [-0.39, 0.29) is 22.9 Å². The number of carbonyl (C=O) groups is 1. The quantitative estimate of drug-likeness (QED) is 0.416. The van der Waals surface area contributed by atoms with E-state index < -0.39 is 27.5 Å². The molecule has 0 aromatic heterocycles. The number of ether oxygens (including phenoxy) is 1. The Bertz CT molecular complexity index is 909. The van der Waals surface area contributed by atoms with E-state index in [9.17, 15) is 23.3 Å². The maximum atomic E-state index is 13.0. The molecule has 2 rings (SSSR count). The summed E-state index contributed by atoms with van der Waals surface area (Å²) in [5, 5.41) is 11.0.